The van der Waals surface area contributed by atoms with Crippen molar-refractivity contribution in [2.24, 2.45) is 0 Å². The number of anilines is 2. The summed E-state index contributed by atoms with van der Waals surface area (Å²) in [4.78, 5) is 34.0. The van der Waals surface area contributed by atoms with Crippen LogP contribution >= 0.6 is 0 Å². The van der Waals surface area contributed by atoms with Crippen molar-refractivity contribution >= 4 is 23.2 Å². The number of likely N-dealkylation sites (tertiary alicyclic amines) is 1. The summed E-state index contributed by atoms with van der Waals surface area (Å²) >= 11 is 0. The average Bonchev–Trinajstić information content (AvgIpc) is 2.75. The number of nitrogens with one attached hydrogen (secondary N) is 1. The Kier molecular flexibility index (Phi) is 5.09. The number of carbonyl (C=O) groups excluding carboxylic acids is 2. The quantitative estimate of drug-likeness (QED) is 0.815. The summed E-state index contributed by atoms with van der Waals surface area (Å²) in [5.74, 6) is 0.0557. The molecule has 0 bridgehead atoms. The van der Waals surface area contributed by atoms with Gasteiger partial charge in [0, 0.05) is 32.0 Å². The van der Waals surface area contributed by atoms with Gasteiger partial charge >= 0.3 is 0 Å². The number of benzene rings is 1. The van der Waals surface area contributed by atoms with Gasteiger partial charge in [-0.1, -0.05) is 23.8 Å². The molecule has 3 heterocycles. The molecule has 0 atom stereocenters. The van der Waals surface area contributed by atoms with Crippen LogP contribution in [0.2, 0.25) is 0 Å². The molecule has 1 aromatic heterocycles. The molecule has 2 amide bonds. The number of amides is 2. The van der Waals surface area contributed by atoms with E-state index in [0.717, 1.165) is 11.4 Å². The van der Waals surface area contributed by atoms with Gasteiger partial charge in [0.05, 0.1) is 16.9 Å². The summed E-state index contributed by atoms with van der Waals surface area (Å²) in [5, 5.41) is 3.52. The number of hydrogen-bond donors (Lipinski definition) is 1. The van der Waals surface area contributed by atoms with E-state index >= 15 is 0 Å². The molecule has 1 saturated heterocycles. The Morgan fingerprint density at radius 3 is 2.62 bits per heavy atom. The smallest absolute Gasteiger partial charge is 0.255 e. The molecular weight excluding hydrogens is 364 g/mol. The second-order valence-corrected chi connectivity index (χ2v) is 7.96. The van der Waals surface area contributed by atoms with E-state index in [9.17, 15) is 9.59 Å². The van der Waals surface area contributed by atoms with Crippen molar-refractivity contribution in [3.8, 4) is 0 Å². The van der Waals surface area contributed by atoms with E-state index in [-0.39, 0.29) is 11.8 Å². The number of allylic oxidation sites excluding steroid dienone is 1. The topological polar surface area (TPSA) is 65.5 Å². The number of fused-ring (bicyclic) bond motifs is 1. The third-order valence-corrected chi connectivity index (χ3v) is 5.72. The maximum Gasteiger partial charge on any atom is 0.255 e. The molecule has 2 aliphatic rings. The van der Waals surface area contributed by atoms with Gasteiger partial charge in [0.2, 0.25) is 0 Å². The van der Waals surface area contributed by atoms with Gasteiger partial charge < -0.3 is 15.1 Å². The maximum absolute atomic E-state index is 13.5. The number of nitrogens with zero attached hydrogens (tertiary/aromatic N) is 3. The van der Waals surface area contributed by atoms with Gasteiger partial charge in [0.1, 0.15) is 5.54 Å². The molecule has 1 spiro atoms. The molecule has 2 aromatic rings. The minimum absolute atomic E-state index is 0.0296. The van der Waals surface area contributed by atoms with E-state index in [4.69, 9.17) is 0 Å². The predicted molar refractivity (Wildman–Crippen MR) is 114 cm³/mol. The zero-order valence-corrected chi connectivity index (χ0v) is 16.9. The molecule has 29 heavy (non-hydrogen) atoms. The van der Waals surface area contributed by atoms with Crippen LogP contribution in [0.15, 0.2) is 60.4 Å². The largest absolute Gasteiger partial charge is 0.369 e. The van der Waals surface area contributed by atoms with Crippen LogP contribution in [0.25, 0.3) is 0 Å². The number of carbonyl (C=O) groups is 2. The van der Waals surface area contributed by atoms with Crippen LogP contribution in [0.1, 0.15) is 37.0 Å². The first-order chi connectivity index (χ1) is 14.0. The lowest BCUT2D eigenvalue weighted by atomic mass is 9.83. The van der Waals surface area contributed by atoms with Crippen LogP contribution in [0.4, 0.5) is 11.4 Å². The first-order valence-corrected chi connectivity index (χ1v) is 10.0. The van der Waals surface area contributed by atoms with E-state index in [2.05, 4.69) is 16.4 Å². The second-order valence-electron chi connectivity index (χ2n) is 7.96. The summed E-state index contributed by atoms with van der Waals surface area (Å²) in [7, 11) is 0. The maximum atomic E-state index is 13.5. The minimum atomic E-state index is -0.671. The average molecular weight is 390 g/mol. The summed E-state index contributed by atoms with van der Waals surface area (Å²) in [5.41, 5.74) is 2.98. The monoisotopic (exact) mass is 390 g/mol. The third kappa shape index (κ3) is 3.62. The Bertz CT molecular complexity index is 942. The zero-order valence-electron chi connectivity index (χ0n) is 16.9. The van der Waals surface area contributed by atoms with E-state index in [1.54, 1.807) is 24.5 Å². The van der Waals surface area contributed by atoms with Crippen molar-refractivity contribution in [3.63, 3.8) is 0 Å². The van der Waals surface area contributed by atoms with Crippen molar-refractivity contribution in [1.82, 2.24) is 9.88 Å². The van der Waals surface area contributed by atoms with E-state index in [0.29, 0.717) is 38.0 Å². The van der Waals surface area contributed by atoms with Gasteiger partial charge in [-0.2, -0.15) is 0 Å². The van der Waals surface area contributed by atoms with Crippen LogP contribution in [-0.2, 0) is 4.79 Å². The molecule has 150 valence electrons. The van der Waals surface area contributed by atoms with Gasteiger partial charge in [-0.15, -0.1) is 0 Å². The van der Waals surface area contributed by atoms with Gasteiger partial charge in [0.25, 0.3) is 11.8 Å². The molecule has 1 N–H and O–H groups in total. The van der Waals surface area contributed by atoms with Crippen molar-refractivity contribution in [3.05, 3.63) is 66.0 Å². The molecule has 0 aliphatic carbocycles. The van der Waals surface area contributed by atoms with Crippen molar-refractivity contribution < 1.29 is 9.59 Å². The van der Waals surface area contributed by atoms with E-state index in [1.165, 1.54) is 5.57 Å². The number of para-hydroxylation sites is 2. The minimum Gasteiger partial charge on any atom is -0.369 e. The fourth-order valence-electron chi connectivity index (χ4n) is 4.05. The van der Waals surface area contributed by atoms with Crippen LogP contribution in [-0.4, -0.2) is 46.9 Å². The Morgan fingerprint density at radius 2 is 1.93 bits per heavy atom. The Balaban J connectivity index is 1.56. The first kappa shape index (κ1) is 19.2. The highest BCUT2D eigenvalue weighted by atomic mass is 16.2. The molecule has 1 fully saturated rings. The zero-order chi connectivity index (χ0) is 20.4. The summed E-state index contributed by atoms with van der Waals surface area (Å²) in [6.45, 7) is 5.70. The highest BCUT2D eigenvalue weighted by Gasteiger charge is 2.48. The molecule has 0 saturated carbocycles. The number of piperidine rings is 1. The second kappa shape index (κ2) is 7.70. The molecule has 0 unspecified atom stereocenters. The molecule has 4 rings (SSSR count). The summed E-state index contributed by atoms with van der Waals surface area (Å²) in [6, 6.07) is 11.5. The highest BCUT2D eigenvalue weighted by molar-refractivity contribution is 6.08. The van der Waals surface area contributed by atoms with Crippen molar-refractivity contribution in [2.45, 2.75) is 32.2 Å². The molecular formula is C23H26N4O2. The van der Waals surface area contributed by atoms with Gasteiger partial charge in [0.15, 0.2) is 0 Å². The number of aromatic nitrogens is 1. The highest BCUT2D eigenvalue weighted by Crippen LogP contribution is 2.40. The SMILES string of the molecule is CC(C)=CCN1C(=O)C2(CCN(C(=O)c3cccnc3)CC2)Nc2ccccc21. The van der Waals surface area contributed by atoms with Crippen molar-refractivity contribution in [1.29, 1.82) is 0 Å². The standard InChI is InChI=1S/C23H26N4O2/c1-17(2)9-13-27-20-8-4-3-7-19(20)25-23(22(27)29)10-14-26(15-11-23)21(28)18-6-5-12-24-16-18/h3-9,12,16,25H,10-11,13-15H2,1-2H3. The number of pyridine rings is 1. The van der Waals surface area contributed by atoms with Crippen LogP contribution < -0.4 is 10.2 Å². The Hall–Kier alpha value is -3.15. The van der Waals surface area contributed by atoms with Crippen molar-refractivity contribution in [2.75, 3.05) is 29.9 Å². The first-order valence-electron chi connectivity index (χ1n) is 10.0. The lowest BCUT2D eigenvalue weighted by Crippen LogP contribution is -2.62. The van der Waals surface area contributed by atoms with Crippen LogP contribution in [0.3, 0.4) is 0 Å². The molecule has 0 radical (unpaired) electrons. The lowest BCUT2D eigenvalue weighted by molar-refractivity contribution is -0.124. The number of rotatable bonds is 3. The predicted octanol–water partition coefficient (Wildman–Crippen LogP) is 3.48. The summed E-state index contributed by atoms with van der Waals surface area (Å²) in [6.07, 6.45) is 6.49. The number of hydrogen-bond acceptors (Lipinski definition) is 4. The summed E-state index contributed by atoms with van der Waals surface area (Å²) < 4.78 is 0. The fraction of sp³-hybridized carbons (Fsp3) is 0.348. The molecule has 6 heteroatoms. The van der Waals surface area contributed by atoms with Gasteiger partial charge in [-0.05, 0) is 51.0 Å². The molecule has 2 aliphatic heterocycles. The fourth-order valence-corrected chi connectivity index (χ4v) is 4.05. The molecule has 6 nitrogen and oxygen atoms in total. The molecule has 1 aromatic carbocycles. The normalized spacial score (nSPS) is 17.5. The van der Waals surface area contributed by atoms with Gasteiger partial charge in [-0.3, -0.25) is 14.6 Å². The lowest BCUT2D eigenvalue weighted by Gasteiger charge is -2.47. The van der Waals surface area contributed by atoms with Gasteiger partial charge in [-0.25, -0.2) is 0 Å². The van der Waals surface area contributed by atoms with E-state index in [1.807, 2.05) is 47.9 Å². The van der Waals surface area contributed by atoms with E-state index < -0.39 is 5.54 Å². The Morgan fingerprint density at radius 1 is 1.17 bits per heavy atom. The third-order valence-electron chi connectivity index (χ3n) is 5.72. The van der Waals surface area contributed by atoms with Crippen LogP contribution in [0.5, 0.6) is 0 Å². The Labute approximate surface area is 171 Å². The van der Waals surface area contributed by atoms with Crippen LogP contribution in [0, 0.1) is 0 Å².